The van der Waals surface area contributed by atoms with Crippen molar-refractivity contribution in [1.29, 1.82) is 0 Å². The molecule has 0 aromatic heterocycles. The van der Waals surface area contributed by atoms with E-state index in [2.05, 4.69) is 15.8 Å². The Morgan fingerprint density at radius 1 is 1.30 bits per heavy atom. The predicted octanol–water partition coefficient (Wildman–Crippen LogP) is 2.55. The van der Waals surface area contributed by atoms with Crippen molar-refractivity contribution in [3.05, 3.63) is 17.7 Å². The van der Waals surface area contributed by atoms with Crippen molar-refractivity contribution in [2.75, 3.05) is 13.9 Å². The molecule has 0 saturated heterocycles. The Labute approximate surface area is 141 Å². The van der Waals surface area contributed by atoms with E-state index in [4.69, 9.17) is 26.4 Å². The van der Waals surface area contributed by atoms with Gasteiger partial charge in [-0.25, -0.2) is 0 Å². The standard InChI is InChI=1S/C16H21N3O3S/c1-20-13-7-11(8-14-15(13)22-10-21-14)9-17-19-16(23)18-12-5-3-2-4-6-12/h7-9,12H,2-6,10H2,1H3,(H2,18,19,23)/b17-9+. The van der Waals surface area contributed by atoms with E-state index >= 15 is 0 Å². The molecule has 1 heterocycles. The molecule has 1 aliphatic carbocycles. The summed E-state index contributed by atoms with van der Waals surface area (Å²) in [5.74, 6) is 1.92. The van der Waals surface area contributed by atoms with Crippen molar-refractivity contribution >= 4 is 23.5 Å². The van der Waals surface area contributed by atoms with Gasteiger partial charge < -0.3 is 19.5 Å². The van der Waals surface area contributed by atoms with E-state index in [1.165, 1.54) is 32.1 Å². The Hall–Kier alpha value is -2.02. The maximum absolute atomic E-state index is 5.39. The average Bonchev–Trinajstić information content (AvgIpc) is 3.03. The largest absolute Gasteiger partial charge is 0.493 e. The van der Waals surface area contributed by atoms with E-state index in [1.54, 1.807) is 13.3 Å². The van der Waals surface area contributed by atoms with E-state index < -0.39 is 0 Å². The summed E-state index contributed by atoms with van der Waals surface area (Å²) in [5, 5.41) is 8.04. The molecule has 23 heavy (non-hydrogen) atoms. The first kappa shape index (κ1) is 15.9. The maximum atomic E-state index is 5.39. The summed E-state index contributed by atoms with van der Waals surface area (Å²) in [6, 6.07) is 4.16. The fraction of sp³-hybridized carbons (Fsp3) is 0.500. The highest BCUT2D eigenvalue weighted by Gasteiger charge is 2.19. The number of fused-ring (bicyclic) bond motifs is 1. The maximum Gasteiger partial charge on any atom is 0.231 e. The second-order valence-corrected chi connectivity index (χ2v) is 6.04. The monoisotopic (exact) mass is 335 g/mol. The molecule has 2 N–H and O–H groups in total. The van der Waals surface area contributed by atoms with Gasteiger partial charge in [0, 0.05) is 11.6 Å². The van der Waals surface area contributed by atoms with Gasteiger partial charge in [0.25, 0.3) is 0 Å². The number of ether oxygens (including phenoxy) is 3. The topological polar surface area (TPSA) is 64.1 Å². The van der Waals surface area contributed by atoms with Gasteiger partial charge in [-0.3, -0.25) is 5.43 Å². The summed E-state index contributed by atoms with van der Waals surface area (Å²) in [6.07, 6.45) is 7.87. The Bertz CT molecular complexity index is 600. The molecule has 0 spiro atoms. The van der Waals surface area contributed by atoms with E-state index in [9.17, 15) is 0 Å². The number of nitrogens with zero attached hydrogens (tertiary/aromatic N) is 1. The summed E-state index contributed by atoms with van der Waals surface area (Å²) in [4.78, 5) is 0. The van der Waals surface area contributed by atoms with Crippen LogP contribution in [0.25, 0.3) is 0 Å². The van der Waals surface area contributed by atoms with Crippen LogP contribution in [0.3, 0.4) is 0 Å². The molecule has 0 unspecified atom stereocenters. The molecule has 0 amide bonds. The third-order valence-electron chi connectivity index (χ3n) is 4.00. The molecule has 1 fully saturated rings. The summed E-state index contributed by atoms with van der Waals surface area (Å²) < 4.78 is 16.1. The van der Waals surface area contributed by atoms with Gasteiger partial charge in [-0.1, -0.05) is 19.3 Å². The summed E-state index contributed by atoms with van der Waals surface area (Å²) in [7, 11) is 1.60. The van der Waals surface area contributed by atoms with Crippen LogP contribution in [0.15, 0.2) is 17.2 Å². The molecule has 0 atom stereocenters. The van der Waals surface area contributed by atoms with E-state index in [0.717, 1.165) is 5.56 Å². The van der Waals surface area contributed by atoms with E-state index in [-0.39, 0.29) is 6.79 Å². The van der Waals surface area contributed by atoms with Crippen molar-refractivity contribution in [3.8, 4) is 17.2 Å². The third-order valence-corrected chi connectivity index (χ3v) is 4.21. The summed E-state index contributed by atoms with van der Waals surface area (Å²) in [5.41, 5.74) is 3.71. The molecule has 1 aliphatic heterocycles. The van der Waals surface area contributed by atoms with Gasteiger partial charge >= 0.3 is 0 Å². The fourth-order valence-corrected chi connectivity index (χ4v) is 3.07. The summed E-state index contributed by atoms with van der Waals surface area (Å²) >= 11 is 5.27. The molecular formula is C16H21N3O3S. The third kappa shape index (κ3) is 4.04. The highest BCUT2D eigenvalue weighted by Crippen LogP contribution is 2.41. The molecule has 1 aromatic carbocycles. The molecule has 3 rings (SSSR count). The van der Waals surface area contributed by atoms with Crippen molar-refractivity contribution < 1.29 is 14.2 Å². The normalized spacial score (nSPS) is 17.3. The molecule has 6 nitrogen and oxygen atoms in total. The number of thiocarbonyl (C=S) groups is 1. The number of hydrogen-bond donors (Lipinski definition) is 2. The minimum atomic E-state index is 0.208. The lowest BCUT2D eigenvalue weighted by Gasteiger charge is -2.23. The molecule has 7 heteroatoms. The van der Waals surface area contributed by atoms with Crippen LogP contribution in [0.2, 0.25) is 0 Å². The highest BCUT2D eigenvalue weighted by atomic mass is 32.1. The second kappa shape index (κ2) is 7.50. The molecule has 2 aliphatic rings. The van der Waals surface area contributed by atoms with Crippen LogP contribution in [0.5, 0.6) is 17.2 Å². The smallest absolute Gasteiger partial charge is 0.231 e. The molecule has 0 bridgehead atoms. The average molecular weight is 335 g/mol. The highest BCUT2D eigenvalue weighted by molar-refractivity contribution is 7.80. The fourth-order valence-electron chi connectivity index (χ4n) is 2.85. The Morgan fingerprint density at radius 3 is 2.91 bits per heavy atom. The lowest BCUT2D eigenvalue weighted by atomic mass is 9.96. The first-order valence-corrected chi connectivity index (χ1v) is 8.24. The zero-order chi connectivity index (χ0) is 16.1. The van der Waals surface area contributed by atoms with Crippen LogP contribution in [-0.4, -0.2) is 31.3 Å². The second-order valence-electron chi connectivity index (χ2n) is 5.64. The van der Waals surface area contributed by atoms with Gasteiger partial charge in [0.05, 0.1) is 13.3 Å². The van der Waals surface area contributed by atoms with Gasteiger partial charge in [0.1, 0.15) is 0 Å². The SMILES string of the molecule is COc1cc(/C=N/NC(=S)NC2CCCCC2)cc2c1OCO2. The number of benzene rings is 1. The van der Waals surface area contributed by atoms with Crippen LogP contribution >= 0.6 is 12.2 Å². The number of hydrazone groups is 1. The molecule has 124 valence electrons. The zero-order valence-corrected chi connectivity index (χ0v) is 13.9. The Kier molecular flexibility index (Phi) is 5.17. The number of methoxy groups -OCH3 is 1. The van der Waals surface area contributed by atoms with E-state index in [1.807, 2.05) is 12.1 Å². The number of hydrogen-bond acceptors (Lipinski definition) is 5. The minimum Gasteiger partial charge on any atom is -0.493 e. The van der Waals surface area contributed by atoms with Crippen LogP contribution in [0.1, 0.15) is 37.7 Å². The lowest BCUT2D eigenvalue weighted by Crippen LogP contribution is -2.40. The number of rotatable bonds is 4. The van der Waals surface area contributed by atoms with Crippen molar-refractivity contribution in [3.63, 3.8) is 0 Å². The minimum absolute atomic E-state index is 0.208. The number of nitrogens with one attached hydrogen (secondary N) is 2. The Morgan fingerprint density at radius 2 is 2.13 bits per heavy atom. The van der Waals surface area contributed by atoms with Crippen LogP contribution < -0.4 is 25.0 Å². The van der Waals surface area contributed by atoms with Gasteiger partial charge in [-0.2, -0.15) is 5.10 Å². The van der Waals surface area contributed by atoms with Gasteiger partial charge in [0.15, 0.2) is 16.6 Å². The van der Waals surface area contributed by atoms with E-state index in [0.29, 0.717) is 28.4 Å². The van der Waals surface area contributed by atoms with Gasteiger partial charge in [0.2, 0.25) is 12.5 Å². The summed E-state index contributed by atoms with van der Waals surface area (Å²) in [6.45, 7) is 0.208. The van der Waals surface area contributed by atoms with Crippen LogP contribution in [0.4, 0.5) is 0 Å². The molecule has 0 radical (unpaired) electrons. The van der Waals surface area contributed by atoms with Gasteiger partial charge in [-0.05, 0) is 37.2 Å². The van der Waals surface area contributed by atoms with Crippen molar-refractivity contribution in [2.45, 2.75) is 38.1 Å². The zero-order valence-electron chi connectivity index (χ0n) is 13.1. The first-order chi connectivity index (χ1) is 11.3. The van der Waals surface area contributed by atoms with Crippen molar-refractivity contribution in [2.24, 2.45) is 5.10 Å². The quantitative estimate of drug-likeness (QED) is 0.501. The van der Waals surface area contributed by atoms with Gasteiger partial charge in [-0.15, -0.1) is 0 Å². The molecular weight excluding hydrogens is 314 g/mol. The van der Waals surface area contributed by atoms with Crippen molar-refractivity contribution in [1.82, 2.24) is 10.7 Å². The lowest BCUT2D eigenvalue weighted by molar-refractivity contribution is 0.171. The molecule has 1 aromatic rings. The molecule has 1 saturated carbocycles. The Balaban J connectivity index is 1.56. The predicted molar refractivity (Wildman–Crippen MR) is 92.5 cm³/mol. The first-order valence-electron chi connectivity index (χ1n) is 7.83. The van der Waals surface area contributed by atoms with Crippen LogP contribution in [-0.2, 0) is 0 Å². The van der Waals surface area contributed by atoms with Crippen LogP contribution in [0, 0.1) is 0 Å².